The van der Waals surface area contributed by atoms with E-state index in [1.807, 2.05) is 127 Å². The van der Waals surface area contributed by atoms with Crippen LogP contribution in [0, 0.1) is 0 Å². The summed E-state index contributed by atoms with van der Waals surface area (Å²) in [6, 6.07) is 99.0. The summed E-state index contributed by atoms with van der Waals surface area (Å²) >= 11 is 17.0. The van der Waals surface area contributed by atoms with Crippen molar-refractivity contribution in [2.75, 3.05) is 0 Å². The number of hydrogen-bond donors (Lipinski definition) is 2. The van der Waals surface area contributed by atoms with Gasteiger partial charge in [0.25, 0.3) is 0 Å². The molecule has 0 aliphatic heterocycles. The van der Waals surface area contributed by atoms with Crippen molar-refractivity contribution in [3.8, 4) is 124 Å². The minimum atomic E-state index is -1.40. The predicted octanol–water partition coefficient (Wildman–Crippen LogP) is 24.7. The zero-order valence-corrected chi connectivity index (χ0v) is 65.1. The van der Waals surface area contributed by atoms with Crippen molar-refractivity contribution < 1.29 is 10.0 Å². The monoisotopic (exact) mass is 1490 g/mol. The van der Waals surface area contributed by atoms with E-state index in [-0.39, 0.29) is 21.7 Å². The van der Waals surface area contributed by atoms with Gasteiger partial charge in [0.1, 0.15) is 0 Å². The van der Waals surface area contributed by atoms with E-state index in [9.17, 15) is 10.0 Å². The lowest BCUT2D eigenvalue weighted by Crippen LogP contribution is -2.33. The molecule has 0 aliphatic rings. The molecule has 0 unspecified atom stereocenters. The lowest BCUT2D eigenvalue weighted by atomic mass is 9.72. The molecule has 528 valence electrons. The first kappa shape index (κ1) is 75.4. The zero-order chi connectivity index (χ0) is 75.1. The van der Waals surface area contributed by atoms with Crippen LogP contribution in [0.25, 0.3) is 124 Å². The summed E-state index contributed by atoms with van der Waals surface area (Å²) in [5, 5.41) is 19.9. The van der Waals surface area contributed by atoms with Crippen molar-refractivity contribution >= 4 is 51.7 Å². The number of halogens is 3. The van der Waals surface area contributed by atoms with Crippen LogP contribution >= 0.6 is 39.1 Å². The first-order valence-electron chi connectivity index (χ1n) is 35.7. The third-order valence-electron chi connectivity index (χ3n) is 18.5. The Bertz CT molecular complexity index is 5130. The maximum absolute atomic E-state index is 9.36. The fourth-order valence-electron chi connectivity index (χ4n) is 12.6. The first-order valence-corrected chi connectivity index (χ1v) is 37.2. The molecule has 14 aromatic rings. The lowest BCUT2D eigenvalue weighted by molar-refractivity contribution is 0.425. The first-order chi connectivity index (χ1) is 50.6. The molecule has 106 heavy (non-hydrogen) atoms. The highest BCUT2D eigenvalue weighted by Gasteiger charge is 2.27. The van der Waals surface area contributed by atoms with Gasteiger partial charge in [-0.25, -0.2) is 29.9 Å². The molecule has 0 spiro atoms. The third kappa shape index (κ3) is 18.3. The number of rotatable bonds is 12. The summed E-state index contributed by atoms with van der Waals surface area (Å²) in [5.41, 5.74) is 21.5. The van der Waals surface area contributed by atoms with E-state index >= 15 is 0 Å². The minimum absolute atomic E-state index is 0.00486. The molecule has 0 bridgehead atoms. The molecule has 0 fully saturated rings. The maximum Gasteiger partial charge on any atom is 0.488 e. The van der Waals surface area contributed by atoms with Crippen LogP contribution in [0.4, 0.5) is 0 Å². The Labute approximate surface area is 643 Å². The minimum Gasteiger partial charge on any atom is -0.423 e. The number of hydrogen-bond acceptors (Lipinski definition) is 8. The van der Waals surface area contributed by atoms with E-state index in [0.717, 1.165) is 105 Å². The molecule has 2 aromatic heterocycles. The summed E-state index contributed by atoms with van der Waals surface area (Å²) in [6.45, 7) is 26.3. The van der Waals surface area contributed by atoms with Gasteiger partial charge in [-0.1, -0.05) is 377 Å². The van der Waals surface area contributed by atoms with Crippen LogP contribution in [0.3, 0.4) is 0 Å². The quantitative estimate of drug-likeness (QED) is 0.116. The van der Waals surface area contributed by atoms with Crippen LogP contribution < -0.4 is 5.46 Å². The smallest absolute Gasteiger partial charge is 0.423 e. The highest BCUT2D eigenvalue weighted by molar-refractivity contribution is 9.10. The molecule has 0 radical (unpaired) electrons. The van der Waals surface area contributed by atoms with Gasteiger partial charge in [-0.15, -0.1) is 0 Å². The highest BCUT2D eigenvalue weighted by Crippen LogP contribution is 2.41. The number of benzene rings is 12. The summed E-state index contributed by atoms with van der Waals surface area (Å²) in [4.78, 5) is 30.6. The van der Waals surface area contributed by atoms with E-state index in [0.29, 0.717) is 50.5 Å². The Hall–Kier alpha value is -10.3. The van der Waals surface area contributed by atoms with Crippen molar-refractivity contribution in [3.05, 3.63) is 328 Å². The Morgan fingerprint density at radius 3 is 0.764 bits per heavy atom. The fraction of sp³-hybridized carbons (Fsp3) is 0.170. The van der Waals surface area contributed by atoms with Crippen LogP contribution in [-0.2, 0) is 21.7 Å². The molecule has 12 aromatic carbocycles. The Morgan fingerprint density at radius 2 is 0.481 bits per heavy atom. The van der Waals surface area contributed by atoms with Crippen molar-refractivity contribution in [1.82, 2.24) is 29.9 Å². The zero-order valence-electron chi connectivity index (χ0n) is 62.0. The average Bonchev–Trinajstić information content (AvgIpc) is 0.805. The van der Waals surface area contributed by atoms with Crippen molar-refractivity contribution in [2.24, 2.45) is 0 Å². The Kier molecular flexibility index (Phi) is 22.9. The second-order valence-electron chi connectivity index (χ2n) is 30.7. The van der Waals surface area contributed by atoms with E-state index < -0.39 is 7.12 Å². The molecule has 0 amide bonds. The highest BCUT2D eigenvalue weighted by atomic mass is 79.9. The molecule has 0 aliphatic carbocycles. The summed E-state index contributed by atoms with van der Waals surface area (Å²) < 4.78 is 0.859. The normalized spacial score (nSPS) is 11.6. The second-order valence-corrected chi connectivity index (χ2v) is 32.5. The van der Waals surface area contributed by atoms with Crippen LogP contribution in [0.2, 0.25) is 10.0 Å². The van der Waals surface area contributed by atoms with Gasteiger partial charge in [0, 0.05) is 47.9 Å². The molecule has 12 heteroatoms. The van der Waals surface area contributed by atoms with Crippen molar-refractivity contribution in [1.29, 1.82) is 0 Å². The molecule has 0 saturated heterocycles. The van der Waals surface area contributed by atoms with Gasteiger partial charge in [0.05, 0.1) is 0 Å². The molecule has 2 heterocycles. The maximum atomic E-state index is 9.36. The summed E-state index contributed by atoms with van der Waals surface area (Å²) in [6.07, 6.45) is 0. The average molecular weight is 1490 g/mol. The molecule has 0 atom stereocenters. The Balaban J connectivity index is 0.000000167. The van der Waals surface area contributed by atoms with E-state index in [1.54, 1.807) is 0 Å². The van der Waals surface area contributed by atoms with Gasteiger partial charge in [0.15, 0.2) is 34.9 Å². The van der Waals surface area contributed by atoms with Gasteiger partial charge in [-0.2, -0.15) is 0 Å². The number of aromatic nitrogens is 6. The molecular formula is C94H86BBrCl2N6O2. The topological polar surface area (TPSA) is 118 Å². The van der Waals surface area contributed by atoms with Crippen LogP contribution in [0.5, 0.6) is 0 Å². The molecule has 2 N–H and O–H groups in total. The largest absolute Gasteiger partial charge is 0.488 e. The van der Waals surface area contributed by atoms with Crippen LogP contribution in [0.1, 0.15) is 105 Å². The van der Waals surface area contributed by atoms with Gasteiger partial charge < -0.3 is 10.0 Å². The van der Waals surface area contributed by atoms with Crippen molar-refractivity contribution in [3.63, 3.8) is 0 Å². The van der Waals surface area contributed by atoms with Crippen LogP contribution in [-0.4, -0.2) is 47.1 Å². The molecule has 14 rings (SSSR count). The number of nitrogens with zero attached hydrogens (tertiary/aromatic N) is 6. The predicted molar refractivity (Wildman–Crippen MR) is 448 cm³/mol. The SMILES string of the molecule is CC(C)(C)c1cc(-c2cc(Cl)cc(-c3nc(-c4ccccc4-c4ccccc4)nc(-c4ccccc4-c4ccccc4)n3)c2)cc(C(C)(C)C)c1.CC(C)(C)c1cc(B(O)O)cc(C(C)(C)C)c1.Clc1cc(Br)cc(-c2nc(-c3ccccc3-c3ccccc3)nc(-c3ccccc3-c3ccccc3)n2)c1. The third-order valence-corrected chi connectivity index (χ3v) is 19.4. The Morgan fingerprint density at radius 1 is 0.245 bits per heavy atom. The summed E-state index contributed by atoms with van der Waals surface area (Å²) in [5.74, 6) is 3.52. The summed E-state index contributed by atoms with van der Waals surface area (Å²) in [7, 11) is -1.40. The fourth-order valence-corrected chi connectivity index (χ4v) is 13.7. The van der Waals surface area contributed by atoms with Gasteiger partial charge in [0.2, 0.25) is 0 Å². The van der Waals surface area contributed by atoms with Crippen LogP contribution in [0.15, 0.2) is 296 Å². The van der Waals surface area contributed by atoms with Crippen molar-refractivity contribution in [2.45, 2.75) is 105 Å². The van der Waals surface area contributed by atoms with E-state index in [4.69, 9.17) is 53.1 Å². The van der Waals surface area contributed by atoms with E-state index in [2.05, 4.69) is 263 Å². The van der Waals surface area contributed by atoms with Gasteiger partial charge in [-0.3, -0.25) is 0 Å². The molecular weight excluding hydrogens is 1410 g/mol. The van der Waals surface area contributed by atoms with Gasteiger partial charge in [-0.05, 0) is 141 Å². The molecule has 0 saturated carbocycles. The lowest BCUT2D eigenvalue weighted by Gasteiger charge is -2.26. The van der Waals surface area contributed by atoms with E-state index in [1.165, 1.54) is 11.1 Å². The van der Waals surface area contributed by atoms with Gasteiger partial charge >= 0.3 is 7.12 Å². The second kappa shape index (κ2) is 32.2. The molecule has 8 nitrogen and oxygen atoms in total. The standard InChI is InChI=1S/C47H42ClN3.C33H21BrClN3.C14H23BO2/c1-46(2,3)36-26-34(27-37(30-36)47(4,5)6)33-25-35(29-38(48)28-33)43-49-44(41-23-15-13-21-39(41)31-17-9-7-10-18-31)51-45(50-43)42-24-16-14-22-40(42)32-19-11-8-12-20-32;34-25-19-24(20-26(35)21-25)31-36-32(29-17-9-7-15-27(29)22-11-3-1-4-12-22)38-33(37-31)30-18-10-8-16-28(30)23-13-5-2-6-14-23;1-13(2,3)10-7-11(14(4,5)6)9-12(8-10)15(16)17/h7-30H,1-6H3;1-21H;7-9,16-17H,1-6H3.